The van der Waals surface area contributed by atoms with Crippen LogP contribution in [0.25, 0.3) is 11.0 Å². The van der Waals surface area contributed by atoms with Crippen molar-refractivity contribution in [3.63, 3.8) is 0 Å². The molecule has 4 nitrogen and oxygen atoms in total. The molecule has 3 rings (SSSR count). The van der Waals surface area contributed by atoms with Gasteiger partial charge < -0.3 is 10.3 Å². The second kappa shape index (κ2) is 5.87. The van der Waals surface area contributed by atoms with Gasteiger partial charge >= 0.3 is 0 Å². The number of H-pyrrole nitrogens is 1. The van der Waals surface area contributed by atoms with Crippen LogP contribution < -0.4 is 5.32 Å². The number of hydrogen-bond donors (Lipinski definition) is 2. The van der Waals surface area contributed by atoms with Crippen molar-refractivity contribution >= 4 is 39.9 Å². The van der Waals surface area contributed by atoms with E-state index < -0.39 is 0 Å². The van der Waals surface area contributed by atoms with E-state index in [-0.39, 0.29) is 12.3 Å². The number of carbonyl (C=O) groups excluding carboxylic acids is 1. The molecule has 6 heteroatoms. The lowest BCUT2D eigenvalue weighted by atomic mass is 10.3. The van der Waals surface area contributed by atoms with E-state index in [2.05, 4.69) is 28.3 Å². The highest BCUT2D eigenvalue weighted by molar-refractivity contribution is 7.11. The predicted octanol–water partition coefficient (Wildman–Crippen LogP) is 3.45. The van der Waals surface area contributed by atoms with Crippen LogP contribution in [0.3, 0.4) is 0 Å². The lowest BCUT2D eigenvalue weighted by Gasteiger charge is -2.01. The molecule has 108 valence electrons. The normalized spacial score (nSPS) is 11.0. The molecule has 21 heavy (non-hydrogen) atoms. The van der Waals surface area contributed by atoms with Crippen LogP contribution in [0.2, 0.25) is 5.02 Å². The third-order valence-corrected chi connectivity index (χ3v) is 4.31. The van der Waals surface area contributed by atoms with Gasteiger partial charge in [0, 0.05) is 14.8 Å². The Hall–Kier alpha value is -1.85. The monoisotopic (exact) mass is 319 g/mol. The SMILES string of the molecule is Cc1ccc(CNC(=O)Cc2nc3ccc(Cl)cc3[nH]2)s1. The number of aryl methyl sites for hydroxylation is 1. The molecule has 1 aromatic carbocycles. The molecular weight excluding hydrogens is 306 g/mol. The summed E-state index contributed by atoms with van der Waals surface area (Å²) in [6.07, 6.45) is 0.233. The number of thiophene rings is 1. The van der Waals surface area contributed by atoms with Crippen molar-refractivity contribution in [3.8, 4) is 0 Å². The van der Waals surface area contributed by atoms with Crippen molar-refractivity contribution in [2.24, 2.45) is 0 Å². The Labute approximate surface area is 131 Å². The minimum Gasteiger partial charge on any atom is -0.351 e. The summed E-state index contributed by atoms with van der Waals surface area (Å²) in [6.45, 7) is 2.61. The Kier molecular flexibility index (Phi) is 3.94. The lowest BCUT2D eigenvalue weighted by molar-refractivity contribution is -0.120. The molecule has 0 aliphatic heterocycles. The first kappa shape index (κ1) is 14.1. The highest BCUT2D eigenvalue weighted by atomic mass is 35.5. The summed E-state index contributed by atoms with van der Waals surface area (Å²) in [5.74, 6) is 0.596. The number of fused-ring (bicyclic) bond motifs is 1. The molecule has 0 spiro atoms. The number of amides is 1. The fourth-order valence-electron chi connectivity index (χ4n) is 2.10. The summed E-state index contributed by atoms with van der Waals surface area (Å²) in [5, 5.41) is 3.55. The van der Waals surface area contributed by atoms with Crippen LogP contribution in [0.1, 0.15) is 15.6 Å². The Bertz CT molecular complexity index is 793. The zero-order valence-electron chi connectivity index (χ0n) is 11.4. The zero-order valence-corrected chi connectivity index (χ0v) is 13.0. The van der Waals surface area contributed by atoms with Gasteiger partial charge in [-0.1, -0.05) is 11.6 Å². The number of nitrogens with one attached hydrogen (secondary N) is 2. The minimum absolute atomic E-state index is 0.0498. The molecule has 0 aliphatic rings. The maximum absolute atomic E-state index is 11.9. The van der Waals surface area contributed by atoms with Crippen LogP contribution in [-0.2, 0) is 17.8 Å². The van der Waals surface area contributed by atoms with E-state index in [0.29, 0.717) is 17.4 Å². The summed E-state index contributed by atoms with van der Waals surface area (Å²) < 4.78 is 0. The van der Waals surface area contributed by atoms with Gasteiger partial charge in [-0.2, -0.15) is 0 Å². The summed E-state index contributed by atoms with van der Waals surface area (Å²) in [6, 6.07) is 9.51. The van der Waals surface area contributed by atoms with Gasteiger partial charge in [-0.15, -0.1) is 11.3 Å². The maximum atomic E-state index is 11.9. The Morgan fingerprint density at radius 3 is 3.00 bits per heavy atom. The quantitative estimate of drug-likeness (QED) is 0.774. The summed E-state index contributed by atoms with van der Waals surface area (Å²) in [7, 11) is 0. The Morgan fingerprint density at radius 1 is 1.38 bits per heavy atom. The van der Waals surface area contributed by atoms with Crippen molar-refractivity contribution < 1.29 is 4.79 Å². The minimum atomic E-state index is -0.0498. The molecule has 2 N–H and O–H groups in total. The topological polar surface area (TPSA) is 57.8 Å². The third kappa shape index (κ3) is 3.43. The van der Waals surface area contributed by atoms with Gasteiger partial charge in [-0.25, -0.2) is 4.98 Å². The smallest absolute Gasteiger partial charge is 0.227 e. The van der Waals surface area contributed by atoms with Crippen molar-refractivity contribution in [3.05, 3.63) is 50.9 Å². The molecule has 0 aliphatic carbocycles. The fraction of sp³-hybridized carbons (Fsp3) is 0.200. The third-order valence-electron chi connectivity index (χ3n) is 3.08. The molecule has 3 aromatic rings. The van der Waals surface area contributed by atoms with Crippen molar-refractivity contribution in [2.45, 2.75) is 19.9 Å². The second-order valence-electron chi connectivity index (χ2n) is 4.81. The van der Waals surface area contributed by atoms with Gasteiger partial charge in [0.2, 0.25) is 5.91 Å². The number of hydrogen-bond acceptors (Lipinski definition) is 3. The zero-order chi connectivity index (χ0) is 14.8. The first-order valence-corrected chi connectivity index (χ1v) is 7.76. The molecule has 0 atom stereocenters. The average Bonchev–Trinajstić information content (AvgIpc) is 3.01. The number of nitrogens with zero attached hydrogens (tertiary/aromatic N) is 1. The Morgan fingerprint density at radius 2 is 2.24 bits per heavy atom. The molecule has 0 unspecified atom stereocenters. The first-order chi connectivity index (χ1) is 10.1. The predicted molar refractivity (Wildman–Crippen MR) is 85.7 cm³/mol. The van der Waals surface area contributed by atoms with Crippen molar-refractivity contribution in [2.75, 3.05) is 0 Å². The maximum Gasteiger partial charge on any atom is 0.227 e. The van der Waals surface area contributed by atoms with Gasteiger partial charge in [-0.05, 0) is 37.3 Å². The molecular formula is C15H14ClN3OS. The average molecular weight is 320 g/mol. The van der Waals surface area contributed by atoms with E-state index in [1.807, 2.05) is 12.1 Å². The highest BCUT2D eigenvalue weighted by Gasteiger charge is 2.09. The van der Waals surface area contributed by atoms with E-state index >= 15 is 0 Å². The summed E-state index contributed by atoms with van der Waals surface area (Å²) in [4.78, 5) is 21.8. The Balaban J connectivity index is 1.63. The summed E-state index contributed by atoms with van der Waals surface area (Å²) >= 11 is 7.62. The molecule has 1 amide bonds. The van der Waals surface area contributed by atoms with Crippen LogP contribution in [0.5, 0.6) is 0 Å². The molecule has 0 saturated carbocycles. The van der Waals surface area contributed by atoms with Crippen LogP contribution in [0, 0.1) is 6.92 Å². The lowest BCUT2D eigenvalue weighted by Crippen LogP contribution is -2.24. The molecule has 0 bridgehead atoms. The fourth-order valence-corrected chi connectivity index (χ4v) is 3.10. The first-order valence-electron chi connectivity index (χ1n) is 6.56. The largest absolute Gasteiger partial charge is 0.351 e. The molecule has 0 radical (unpaired) electrons. The molecule has 2 heterocycles. The summed E-state index contributed by atoms with van der Waals surface area (Å²) in [5.41, 5.74) is 1.66. The van der Waals surface area contributed by atoms with E-state index in [1.165, 1.54) is 4.88 Å². The van der Waals surface area contributed by atoms with Crippen LogP contribution in [0.15, 0.2) is 30.3 Å². The highest BCUT2D eigenvalue weighted by Crippen LogP contribution is 2.17. The van der Waals surface area contributed by atoms with Crippen LogP contribution in [0.4, 0.5) is 0 Å². The van der Waals surface area contributed by atoms with Gasteiger partial charge in [0.15, 0.2) is 0 Å². The number of aromatic nitrogens is 2. The molecule has 0 fully saturated rings. The van der Waals surface area contributed by atoms with Gasteiger partial charge in [-0.3, -0.25) is 4.79 Å². The van der Waals surface area contributed by atoms with Gasteiger partial charge in [0.25, 0.3) is 0 Å². The van der Waals surface area contributed by atoms with E-state index in [1.54, 1.807) is 23.5 Å². The number of halogens is 1. The van der Waals surface area contributed by atoms with E-state index in [0.717, 1.165) is 15.9 Å². The van der Waals surface area contributed by atoms with Crippen LogP contribution >= 0.6 is 22.9 Å². The van der Waals surface area contributed by atoms with E-state index in [4.69, 9.17) is 11.6 Å². The van der Waals surface area contributed by atoms with Crippen molar-refractivity contribution in [1.29, 1.82) is 0 Å². The van der Waals surface area contributed by atoms with E-state index in [9.17, 15) is 4.79 Å². The molecule has 0 saturated heterocycles. The standard InChI is InChI=1S/C15H14ClN3OS/c1-9-2-4-11(21-9)8-17-15(20)7-14-18-12-5-3-10(16)6-13(12)19-14/h2-6H,7-8H2,1H3,(H,17,20)(H,18,19). The second-order valence-corrected chi connectivity index (χ2v) is 6.62. The number of aromatic amines is 1. The van der Waals surface area contributed by atoms with Gasteiger partial charge in [0.1, 0.15) is 5.82 Å². The number of rotatable bonds is 4. The number of imidazole rings is 1. The van der Waals surface area contributed by atoms with Crippen LogP contribution in [-0.4, -0.2) is 15.9 Å². The number of carbonyl (C=O) groups is 1. The van der Waals surface area contributed by atoms with Gasteiger partial charge in [0.05, 0.1) is 24.0 Å². The molecule has 2 aromatic heterocycles. The van der Waals surface area contributed by atoms with Crippen molar-refractivity contribution in [1.82, 2.24) is 15.3 Å². The number of benzene rings is 1.